The molecule has 9 heteroatoms. The van der Waals surface area contributed by atoms with Gasteiger partial charge in [-0.15, -0.1) is 0 Å². The van der Waals surface area contributed by atoms with E-state index in [9.17, 15) is 19.7 Å². The molecular weight excluding hydrogens is 354 g/mol. The van der Waals surface area contributed by atoms with E-state index < -0.39 is 4.92 Å². The zero-order valence-electron chi connectivity index (χ0n) is 14.3. The normalized spacial score (nSPS) is 13.0. The predicted molar refractivity (Wildman–Crippen MR) is 94.4 cm³/mol. The number of hydrogen-bond donors (Lipinski definition) is 1. The summed E-state index contributed by atoms with van der Waals surface area (Å²) < 4.78 is 10.8. The maximum absolute atomic E-state index is 12.1. The maximum Gasteiger partial charge on any atom is 0.276 e. The number of carbonyl (C=O) groups excluding carboxylic acids is 2. The number of nitrogens with one attached hydrogen (secondary N) is 1. The molecule has 0 spiro atoms. The van der Waals surface area contributed by atoms with E-state index in [0.29, 0.717) is 23.5 Å². The molecule has 0 saturated heterocycles. The molecule has 9 nitrogen and oxygen atoms in total. The summed E-state index contributed by atoms with van der Waals surface area (Å²) in [4.78, 5) is 34.4. The number of hydrogen-bond acceptors (Lipinski definition) is 7. The van der Waals surface area contributed by atoms with Gasteiger partial charge in [-0.1, -0.05) is 12.1 Å². The van der Waals surface area contributed by atoms with Crippen LogP contribution in [0.1, 0.15) is 20.7 Å². The van der Waals surface area contributed by atoms with E-state index in [-0.39, 0.29) is 37.3 Å². The van der Waals surface area contributed by atoms with E-state index in [4.69, 9.17) is 9.47 Å². The molecule has 1 N–H and O–H groups in total. The molecule has 0 aliphatic carbocycles. The van der Waals surface area contributed by atoms with Gasteiger partial charge in [0.05, 0.1) is 29.3 Å². The molecule has 1 aliphatic rings. The lowest BCUT2D eigenvalue weighted by Crippen LogP contribution is -2.44. The second-order valence-corrected chi connectivity index (χ2v) is 5.61. The summed E-state index contributed by atoms with van der Waals surface area (Å²) in [6.07, 6.45) is 0. The van der Waals surface area contributed by atoms with Crippen molar-refractivity contribution in [3.8, 4) is 5.75 Å². The Labute approximate surface area is 154 Å². The van der Waals surface area contributed by atoms with Crippen LogP contribution in [0.25, 0.3) is 0 Å². The van der Waals surface area contributed by atoms with Crippen LogP contribution in [0, 0.1) is 10.1 Å². The van der Waals surface area contributed by atoms with Gasteiger partial charge < -0.3 is 9.47 Å². The molecule has 0 bridgehead atoms. The summed E-state index contributed by atoms with van der Waals surface area (Å²) in [5, 5.41) is 11.6. The van der Waals surface area contributed by atoms with Crippen LogP contribution in [0.5, 0.6) is 5.75 Å². The van der Waals surface area contributed by atoms with Gasteiger partial charge in [0.2, 0.25) is 0 Å². The Morgan fingerprint density at radius 1 is 0.926 bits per heavy atom. The highest BCUT2D eigenvalue weighted by Crippen LogP contribution is 2.20. The minimum Gasteiger partial charge on any atom is -0.491 e. The van der Waals surface area contributed by atoms with Crippen molar-refractivity contribution in [1.29, 1.82) is 0 Å². The highest BCUT2D eigenvalue weighted by Gasteiger charge is 2.34. The van der Waals surface area contributed by atoms with Crippen molar-refractivity contribution >= 4 is 17.5 Å². The molecule has 2 aromatic carbocycles. The summed E-state index contributed by atoms with van der Waals surface area (Å²) in [6, 6.07) is 12.4. The minimum absolute atomic E-state index is 0.00201. The van der Waals surface area contributed by atoms with Crippen LogP contribution in [-0.2, 0) is 4.74 Å². The lowest BCUT2D eigenvalue weighted by atomic mass is 10.1. The van der Waals surface area contributed by atoms with Crippen LogP contribution in [0.3, 0.4) is 0 Å². The minimum atomic E-state index is -0.478. The Hall–Kier alpha value is -3.30. The first kappa shape index (κ1) is 18.5. The molecule has 3 rings (SSSR count). The summed E-state index contributed by atoms with van der Waals surface area (Å²) in [6.45, 7) is 1.12. The summed E-state index contributed by atoms with van der Waals surface area (Å²) in [5.41, 5.74) is 3.52. The Morgan fingerprint density at radius 3 is 2.15 bits per heavy atom. The smallest absolute Gasteiger partial charge is 0.276 e. The molecule has 140 valence electrons. The highest BCUT2D eigenvalue weighted by atomic mass is 16.6. The zero-order chi connectivity index (χ0) is 19.2. The number of hydrazine groups is 1. The van der Waals surface area contributed by atoms with Gasteiger partial charge in [0, 0.05) is 18.7 Å². The quantitative estimate of drug-likeness (QED) is 0.310. The molecule has 1 heterocycles. The molecule has 0 atom stereocenters. The van der Waals surface area contributed by atoms with Crippen LogP contribution in [0.4, 0.5) is 5.69 Å². The lowest BCUT2D eigenvalue weighted by Gasteiger charge is -2.15. The Morgan fingerprint density at radius 2 is 1.56 bits per heavy atom. The number of ether oxygens (including phenoxy) is 2. The highest BCUT2D eigenvalue weighted by molar-refractivity contribution is 6.20. The average molecular weight is 371 g/mol. The number of non-ortho nitro benzene ring substituents is 1. The van der Waals surface area contributed by atoms with Crippen molar-refractivity contribution in [3.63, 3.8) is 0 Å². The third kappa shape index (κ3) is 4.27. The van der Waals surface area contributed by atoms with Crippen LogP contribution in [0.2, 0.25) is 0 Å². The summed E-state index contributed by atoms with van der Waals surface area (Å²) in [5.74, 6) is -0.248. The van der Waals surface area contributed by atoms with E-state index in [1.807, 2.05) is 0 Å². The molecule has 2 amide bonds. The first-order chi connectivity index (χ1) is 13.1. The third-order valence-electron chi connectivity index (χ3n) is 3.85. The van der Waals surface area contributed by atoms with Gasteiger partial charge in [-0.3, -0.25) is 19.7 Å². The fraction of sp³-hybridized carbons (Fsp3) is 0.222. The van der Waals surface area contributed by atoms with Crippen LogP contribution >= 0.6 is 0 Å². The number of nitro groups is 1. The molecule has 0 fully saturated rings. The topological polar surface area (TPSA) is 111 Å². The van der Waals surface area contributed by atoms with Crippen LogP contribution in [-0.4, -0.2) is 48.1 Å². The van der Waals surface area contributed by atoms with Crippen LogP contribution < -0.4 is 10.2 Å². The number of nitrogens with zero attached hydrogens (tertiary/aromatic N) is 2. The van der Waals surface area contributed by atoms with E-state index in [2.05, 4.69) is 5.43 Å². The molecule has 27 heavy (non-hydrogen) atoms. The van der Waals surface area contributed by atoms with Gasteiger partial charge in [-0.25, -0.2) is 10.4 Å². The SMILES string of the molecule is O=C1c2ccccc2C(=O)N1NCCOCCOc1ccc([N+](=O)[O-])cc1. The van der Waals surface area contributed by atoms with Crippen molar-refractivity contribution < 1.29 is 24.0 Å². The Kier molecular flexibility index (Phi) is 5.74. The number of amides is 2. The second-order valence-electron chi connectivity index (χ2n) is 5.61. The van der Waals surface area contributed by atoms with Gasteiger partial charge in [-0.2, -0.15) is 0 Å². The standard InChI is InChI=1S/C18H17N3O6/c22-17-15-3-1-2-4-16(15)18(23)20(17)19-9-10-26-11-12-27-14-7-5-13(6-8-14)21(24)25/h1-8,19H,9-12H2. The largest absolute Gasteiger partial charge is 0.491 e. The second kappa shape index (κ2) is 8.39. The third-order valence-corrected chi connectivity index (χ3v) is 3.85. The zero-order valence-corrected chi connectivity index (χ0v) is 14.3. The molecule has 0 unspecified atom stereocenters. The number of nitro benzene ring substituents is 1. The maximum atomic E-state index is 12.1. The van der Waals surface area contributed by atoms with Crippen molar-refractivity contribution in [2.75, 3.05) is 26.4 Å². The van der Waals surface area contributed by atoms with E-state index >= 15 is 0 Å². The van der Waals surface area contributed by atoms with E-state index in [1.54, 1.807) is 24.3 Å². The molecule has 0 saturated carbocycles. The summed E-state index contributed by atoms with van der Waals surface area (Å²) >= 11 is 0. The van der Waals surface area contributed by atoms with Gasteiger partial charge in [0.15, 0.2) is 0 Å². The number of imide groups is 1. The first-order valence-corrected chi connectivity index (χ1v) is 8.24. The predicted octanol–water partition coefficient (Wildman–Crippen LogP) is 1.79. The Bertz CT molecular complexity index is 817. The van der Waals surface area contributed by atoms with Gasteiger partial charge >= 0.3 is 0 Å². The van der Waals surface area contributed by atoms with Gasteiger partial charge in [0.1, 0.15) is 12.4 Å². The average Bonchev–Trinajstić information content (AvgIpc) is 2.92. The van der Waals surface area contributed by atoms with Crippen molar-refractivity contribution in [2.45, 2.75) is 0 Å². The molecule has 2 aromatic rings. The Balaban J connectivity index is 1.33. The van der Waals surface area contributed by atoms with Crippen molar-refractivity contribution in [3.05, 3.63) is 69.8 Å². The fourth-order valence-electron chi connectivity index (χ4n) is 2.55. The molecule has 1 aliphatic heterocycles. The fourth-order valence-corrected chi connectivity index (χ4v) is 2.55. The van der Waals surface area contributed by atoms with Crippen molar-refractivity contribution in [1.82, 2.24) is 10.4 Å². The lowest BCUT2D eigenvalue weighted by molar-refractivity contribution is -0.384. The number of rotatable bonds is 9. The first-order valence-electron chi connectivity index (χ1n) is 8.24. The van der Waals surface area contributed by atoms with E-state index in [1.165, 1.54) is 24.3 Å². The monoisotopic (exact) mass is 371 g/mol. The number of benzene rings is 2. The summed E-state index contributed by atoms with van der Waals surface area (Å²) in [7, 11) is 0. The van der Waals surface area contributed by atoms with Crippen molar-refractivity contribution in [2.24, 2.45) is 0 Å². The molecule has 0 radical (unpaired) electrons. The molecular formula is C18H17N3O6. The van der Waals surface area contributed by atoms with Gasteiger partial charge in [-0.05, 0) is 24.3 Å². The number of carbonyl (C=O) groups is 2. The number of fused-ring (bicyclic) bond motifs is 1. The van der Waals surface area contributed by atoms with Crippen LogP contribution in [0.15, 0.2) is 48.5 Å². The van der Waals surface area contributed by atoms with Gasteiger partial charge in [0.25, 0.3) is 17.5 Å². The molecule has 0 aromatic heterocycles. The van der Waals surface area contributed by atoms with E-state index in [0.717, 1.165) is 5.01 Å².